The van der Waals surface area contributed by atoms with Crippen molar-refractivity contribution in [3.05, 3.63) is 357 Å². The van der Waals surface area contributed by atoms with E-state index in [-0.39, 0.29) is 52.0 Å². The van der Waals surface area contributed by atoms with Gasteiger partial charge in [0.05, 0.1) is 51.6 Å². The fourth-order valence-corrected chi connectivity index (χ4v) is 16.3. The molecule has 4 aliphatic rings. The summed E-state index contributed by atoms with van der Waals surface area (Å²) in [5, 5.41) is 19.4. The zero-order valence-electron chi connectivity index (χ0n) is 72.2. The number of fused-ring (bicyclic) bond motifs is 4. The lowest BCUT2D eigenvalue weighted by Crippen LogP contribution is -2.49. The number of imidazole rings is 4. The Hall–Kier alpha value is -16.6. The van der Waals surface area contributed by atoms with Gasteiger partial charge in [0.1, 0.15) is 5.82 Å². The summed E-state index contributed by atoms with van der Waals surface area (Å²) in [5.41, 5.74) is 18.5. The zero-order valence-corrected chi connectivity index (χ0v) is 72.2. The van der Waals surface area contributed by atoms with E-state index in [9.17, 15) is 38.4 Å². The quantitative estimate of drug-likeness (QED) is 0.0301. The predicted octanol–water partition coefficient (Wildman–Crippen LogP) is 13.9. The average molecular weight is 1760 g/mol. The van der Waals surface area contributed by atoms with Gasteiger partial charge >= 0.3 is 0 Å². The van der Waals surface area contributed by atoms with Gasteiger partial charge in [-0.05, 0) is 220 Å². The van der Waals surface area contributed by atoms with Crippen LogP contribution in [0, 0.1) is 5.92 Å². The SMILES string of the molecule is CCN1CCN(C(=O)c2ccc(Nc3ccc(-c4cc[nH]c(=O)c4)n4ccnc34)cc2)CC1.O=C(NCC1CC1)c1ccc(Nc2ccc(-c3cc[nH]c(=O)c3)n3ccnc23)cc1.O=C(NCC1CCCO1)c1ccc(Nc2ccc(-c3cc[nH]c(=O)c3)n3ccnc23)cc1.O=C(c1ccc(Nc2ccc(-c3cc[nH]c(=O)c3)n3ccnc23)cc1)N1CCN(c2ccccn2)CC1. The predicted molar refractivity (Wildman–Crippen MR) is 511 cm³/mol. The Morgan fingerprint density at radius 1 is 0.371 bits per heavy atom. The van der Waals surface area contributed by atoms with Gasteiger partial charge in [0.25, 0.3) is 23.6 Å². The molecule has 4 fully saturated rings. The first-order chi connectivity index (χ1) is 64.6. The molecule has 32 heteroatoms. The van der Waals surface area contributed by atoms with E-state index < -0.39 is 0 Å². The van der Waals surface area contributed by atoms with E-state index in [1.54, 1.807) is 92.2 Å². The summed E-state index contributed by atoms with van der Waals surface area (Å²) < 4.78 is 13.3. The maximum absolute atomic E-state index is 13.1. The third kappa shape index (κ3) is 20.3. The highest BCUT2D eigenvalue weighted by molar-refractivity contribution is 5.97. The van der Waals surface area contributed by atoms with Crippen molar-refractivity contribution < 1.29 is 23.9 Å². The summed E-state index contributed by atoms with van der Waals surface area (Å²) in [7, 11) is 0. The summed E-state index contributed by atoms with van der Waals surface area (Å²) in [6, 6.07) is 64.9. The van der Waals surface area contributed by atoms with Crippen LogP contribution in [0.25, 0.3) is 67.6 Å². The Balaban J connectivity index is 0.000000118. The summed E-state index contributed by atoms with van der Waals surface area (Å²) in [5.74, 6) is 1.57. The Kier molecular flexibility index (Phi) is 25.9. The number of aromatic nitrogens is 13. The molecule has 3 saturated heterocycles. The van der Waals surface area contributed by atoms with Crippen LogP contribution in [0.15, 0.2) is 312 Å². The van der Waals surface area contributed by atoms with Crippen LogP contribution >= 0.6 is 0 Å². The summed E-state index contributed by atoms with van der Waals surface area (Å²) >= 11 is 0. The third-order valence-electron chi connectivity index (χ3n) is 23.6. The van der Waals surface area contributed by atoms with E-state index in [2.05, 4.69) is 93.5 Å². The number of carbonyl (C=O) groups is 4. The van der Waals surface area contributed by atoms with E-state index >= 15 is 0 Å². The second kappa shape index (κ2) is 39.7. The maximum atomic E-state index is 13.1. The topological polar surface area (TPSA) is 376 Å². The highest BCUT2D eigenvalue weighted by Gasteiger charge is 2.27. The van der Waals surface area contributed by atoms with Crippen molar-refractivity contribution >= 4 is 97.5 Å². The molecule has 132 heavy (non-hydrogen) atoms. The van der Waals surface area contributed by atoms with Crippen molar-refractivity contribution in [2.45, 2.75) is 38.7 Å². The zero-order chi connectivity index (χ0) is 90.4. The number of benzene rings is 4. The van der Waals surface area contributed by atoms with Crippen LogP contribution in [-0.4, -0.2) is 185 Å². The highest BCUT2D eigenvalue weighted by atomic mass is 16.5. The molecule has 4 amide bonds. The maximum Gasteiger partial charge on any atom is 0.253 e. The van der Waals surface area contributed by atoms with Crippen LogP contribution in [-0.2, 0) is 4.74 Å². The molecular weight excluding hydrogens is 1670 g/mol. The van der Waals surface area contributed by atoms with Gasteiger partial charge in [0, 0.05) is 244 Å². The number of nitrogens with one attached hydrogen (secondary N) is 10. The van der Waals surface area contributed by atoms with Gasteiger partial charge in [-0.2, -0.15) is 0 Å². The lowest BCUT2D eigenvalue weighted by atomic mass is 10.1. The van der Waals surface area contributed by atoms with Crippen LogP contribution < -0.4 is 59.0 Å². The number of rotatable bonds is 22. The molecular formula is C100H95N23O9. The third-order valence-corrected chi connectivity index (χ3v) is 23.6. The molecule has 13 aromatic heterocycles. The van der Waals surface area contributed by atoms with Gasteiger partial charge in [0.2, 0.25) is 22.2 Å². The second-order valence-electron chi connectivity index (χ2n) is 32.3. The summed E-state index contributed by atoms with van der Waals surface area (Å²) in [6.45, 7) is 11.5. The number of piperazine rings is 2. The molecule has 17 aromatic rings. The Labute approximate surface area is 756 Å². The lowest BCUT2D eigenvalue weighted by molar-refractivity contribution is 0.0642. The summed E-state index contributed by atoms with van der Waals surface area (Å²) in [6.07, 6.45) is 27.3. The molecule has 4 aromatic carbocycles. The average Bonchev–Trinajstić information content (AvgIpc) is 1.62. The summed E-state index contributed by atoms with van der Waals surface area (Å²) in [4.78, 5) is 139. The van der Waals surface area contributed by atoms with Crippen molar-refractivity contribution in [2.24, 2.45) is 5.92 Å². The normalized spacial score (nSPS) is 14.3. The molecule has 21 rings (SSSR count). The van der Waals surface area contributed by atoms with Crippen LogP contribution in [0.2, 0.25) is 0 Å². The molecule has 0 radical (unpaired) electrons. The number of carbonyl (C=O) groups excluding carboxylic acids is 4. The minimum Gasteiger partial charge on any atom is -0.376 e. The number of hydrogen-bond acceptors (Lipinski definition) is 20. The van der Waals surface area contributed by atoms with Crippen molar-refractivity contribution in [1.82, 2.24) is 87.8 Å². The van der Waals surface area contributed by atoms with E-state index in [0.29, 0.717) is 47.8 Å². The molecule has 664 valence electrons. The molecule has 10 N–H and O–H groups in total. The van der Waals surface area contributed by atoms with Gasteiger partial charge in [-0.1, -0.05) is 13.0 Å². The van der Waals surface area contributed by atoms with Crippen molar-refractivity contribution in [2.75, 3.05) is 105 Å². The Morgan fingerprint density at radius 3 is 1.04 bits per heavy atom. The van der Waals surface area contributed by atoms with Gasteiger partial charge in [-0.3, -0.25) is 56.0 Å². The number of likely N-dealkylation sites (N-methyl/N-ethyl adjacent to an activating group) is 1. The van der Waals surface area contributed by atoms with Gasteiger partial charge in [-0.25, -0.2) is 24.9 Å². The first kappa shape index (κ1) is 86.1. The number of nitrogens with zero attached hydrogens (tertiary/aromatic N) is 13. The number of hydrogen-bond donors (Lipinski definition) is 10. The standard InChI is InChI=1S/C28H25N7O2.C25H26N6O2.C24H23N5O3.C23H21N5O2/c36-26-19-21(10-12-30-26)24-9-8-23(27-31-13-14-35(24)27)32-22-6-4-20(5-7-22)28(37)34-17-15-33(16-18-34)25-3-1-2-11-29-25;1-2-29-13-15-30(16-14-29)25(33)18-3-5-20(6-4-18)28-21-7-8-22(31-12-11-27-24(21)31)19-9-10-26-23(32)17-19;30-22-14-17(9-10-25-22)21-8-7-20(23-26-11-12-29(21)23)28-18-5-3-16(4-6-18)24(31)27-15-19-2-1-13-32-19;29-21-13-17(9-10-24-21)20-8-7-19(22-25-11-12-28(20)22)27-18-5-3-16(4-6-18)23(30)26-14-15-1-2-15/h1-14,19,32H,15-18H2,(H,30,36);3-12,17,28H,2,13-16H2,1H3,(H,26,32);3-12,14,19,28H,1-2,13,15H2,(H,25,30)(H,27,31);3-13,15,27H,1-2,14H2,(H,24,29)(H,26,30). The molecule has 1 saturated carbocycles. The van der Waals surface area contributed by atoms with Gasteiger partial charge < -0.3 is 76.2 Å². The molecule has 3 aliphatic heterocycles. The molecule has 32 nitrogen and oxygen atoms in total. The van der Waals surface area contributed by atoms with Crippen LogP contribution in [0.4, 0.5) is 51.3 Å². The molecule has 0 bridgehead atoms. The smallest absolute Gasteiger partial charge is 0.253 e. The lowest BCUT2D eigenvalue weighted by Gasteiger charge is -2.35. The largest absolute Gasteiger partial charge is 0.376 e. The van der Waals surface area contributed by atoms with Gasteiger partial charge in [0.15, 0.2) is 22.6 Å². The Bertz CT molecular complexity index is 7220. The number of amides is 4. The molecule has 1 atom stereocenters. The van der Waals surface area contributed by atoms with E-state index in [1.807, 2.05) is 228 Å². The van der Waals surface area contributed by atoms with Gasteiger partial charge in [-0.15, -0.1) is 0 Å². The molecule has 1 aliphatic carbocycles. The minimum atomic E-state index is -0.155. The second-order valence-corrected chi connectivity index (χ2v) is 32.3. The van der Waals surface area contributed by atoms with Crippen LogP contribution in [0.3, 0.4) is 0 Å². The molecule has 0 spiro atoms. The Morgan fingerprint density at radius 2 is 0.720 bits per heavy atom. The van der Waals surface area contributed by atoms with Crippen molar-refractivity contribution in [1.29, 1.82) is 0 Å². The minimum absolute atomic E-state index is 0.0325. The molecule has 16 heterocycles. The van der Waals surface area contributed by atoms with E-state index in [0.717, 1.165) is 191 Å². The first-order valence-corrected chi connectivity index (χ1v) is 43.9. The number of aromatic amines is 4. The number of anilines is 9. The van der Waals surface area contributed by atoms with E-state index in [4.69, 9.17) is 4.74 Å². The monoisotopic (exact) mass is 1760 g/mol. The number of H-pyrrole nitrogens is 4. The van der Waals surface area contributed by atoms with E-state index in [1.165, 1.54) is 12.8 Å². The van der Waals surface area contributed by atoms with Crippen molar-refractivity contribution in [3.8, 4) is 45.0 Å². The number of ether oxygens (including phenoxy) is 1. The van der Waals surface area contributed by atoms with Crippen molar-refractivity contribution in [3.63, 3.8) is 0 Å². The number of pyridine rings is 9. The van der Waals surface area contributed by atoms with Crippen LogP contribution in [0.5, 0.6) is 0 Å². The molecule has 1 unspecified atom stereocenters. The first-order valence-electron chi connectivity index (χ1n) is 43.9. The van der Waals surface area contributed by atoms with Crippen LogP contribution in [0.1, 0.15) is 74.0 Å². The fourth-order valence-electron chi connectivity index (χ4n) is 16.3. The fraction of sp³-hybridized carbons (Fsp3) is 0.190. The highest BCUT2D eigenvalue weighted by Crippen LogP contribution is 2.34.